The number of Topliss-reactive ketones (excluding diaryl/α,β-unsaturated/α-hetero) is 2. The fourth-order valence-electron chi connectivity index (χ4n) is 44.3. The lowest BCUT2D eigenvalue weighted by Gasteiger charge is -2.71. The highest BCUT2D eigenvalue weighted by Crippen LogP contribution is 2.83. The quantitative estimate of drug-likeness (QED) is 0.103. The first-order valence-corrected chi connectivity index (χ1v) is 58.1. The molecule has 0 bridgehead atoms. The van der Waals surface area contributed by atoms with Crippen molar-refractivity contribution in [2.45, 2.75) is 469 Å². The summed E-state index contributed by atoms with van der Waals surface area (Å²) in [6.45, 7) is 71.6. The maximum atomic E-state index is 13.9. The highest BCUT2D eigenvalue weighted by atomic mass is 16.5. The summed E-state index contributed by atoms with van der Waals surface area (Å²) in [4.78, 5) is 65.1. The van der Waals surface area contributed by atoms with E-state index < -0.39 is 35.1 Å². The average molecular weight is 1920 g/mol. The number of carbonyl (C=O) groups is 5. The minimum absolute atomic E-state index is 0.00179. The Kier molecular flexibility index (Phi) is 26.9. The number of carbonyl (C=O) groups excluding carboxylic acids is 4. The summed E-state index contributed by atoms with van der Waals surface area (Å²) in [6.07, 6.45) is 46.1. The first-order chi connectivity index (χ1) is 64.4. The van der Waals surface area contributed by atoms with Crippen LogP contribution in [0.1, 0.15) is 439 Å². The predicted octanol–water partition coefficient (Wildman–Crippen LogP) is 28.4. The van der Waals surface area contributed by atoms with Crippen molar-refractivity contribution in [3.05, 3.63) is 46.6 Å². The van der Waals surface area contributed by atoms with Crippen LogP contribution in [-0.2, 0) is 33.4 Å². The van der Waals surface area contributed by atoms with Crippen LogP contribution in [0.2, 0.25) is 0 Å². The molecule has 0 aromatic rings. The van der Waals surface area contributed by atoms with E-state index >= 15 is 0 Å². The smallest absolute Gasteiger partial charge is 0.313 e. The van der Waals surface area contributed by atoms with E-state index in [1.165, 1.54) is 69.8 Å². The molecule has 139 heavy (non-hydrogen) atoms. The van der Waals surface area contributed by atoms with Crippen LogP contribution in [-0.4, -0.2) is 104 Å². The summed E-state index contributed by atoms with van der Waals surface area (Å²) in [5.41, 5.74) is 6.38. The first kappa shape index (κ1) is 107. The Morgan fingerprint density at radius 1 is 0.338 bits per heavy atom. The molecule has 0 aromatic heterocycles. The Morgan fingerprint density at radius 3 is 1.04 bits per heavy atom. The molecule has 0 radical (unpaired) electrons. The second-order valence-corrected chi connectivity index (χ2v) is 59.7. The van der Waals surface area contributed by atoms with E-state index in [0.717, 1.165) is 160 Å². The van der Waals surface area contributed by atoms with Gasteiger partial charge < -0.3 is 40.1 Å². The van der Waals surface area contributed by atoms with Gasteiger partial charge in [0.1, 0.15) is 12.4 Å². The third-order valence-corrected chi connectivity index (χ3v) is 54.8. The number of aliphatic hydroxyl groups is 5. The molecule has 0 heterocycles. The lowest BCUT2D eigenvalue weighted by atomic mass is 9.33. The standard InChI is InChI=1S/C34H54O4.2C31H50O3.C30H48O3/c1-9-23(35)20-38-29(37)34-17-12-21(2)22(3)28(34)24-10-11-26-31(6)15-14-27(36)30(4,5)25(31)13-16-33(26,8)32(24,7)18-19-34;1-19-11-16-31(26(33)34-8)18-17-29(6)21(25(31)20(19)2)9-10-23-28(5)14-13-24(32)27(3,4)22(28)12-15-30(23,29)7;1-18-11-14-31(20(3)32)16-15-29(7)21(25(31)19(18)2)9-10-24-28(6)17-22(33)26(34)27(4,5)23(28)12-13-30(24,29)8;1-18-10-13-26(3)16-17-28(5)20(24(26)19(18)2)8-9-21-27(4)14-12-23(31)30(7,25(32)33)22(27)11-15-29(21,28)6/h10,21-22,25-28,36H,9,11-20H2,1-8H3;9,19-20,22-25,32H,10-18H2,1-8H3;9,18-19,22-26,33-34H,10-17H2,1-8H3;8,18-19,21-24,31H,9-17H2,1-7H3,(H,32,33)/t21-,22+,25+,26-,27+,28+,31+,32-,33-,34+;19-,20+,22+,23-,24+,25+,28+,29-,30-,31+;18-,19+,22-,23+,24-,25+,26+,28+,29-,30-,31-;18-,19+,21-,22-,23-,24+,26-,27-,28-,29-,30?/m1111/s1. The molecule has 13 heteroatoms. The molecule has 20 aliphatic rings. The molecule has 0 spiro atoms. The van der Waals surface area contributed by atoms with Gasteiger partial charge in [-0.15, -0.1) is 0 Å². The van der Waals surface area contributed by atoms with Crippen molar-refractivity contribution >= 4 is 29.5 Å². The number of methoxy groups -OCH3 is 1. The summed E-state index contributed by atoms with van der Waals surface area (Å²) in [5.74, 6) is 9.82. The van der Waals surface area contributed by atoms with Crippen molar-refractivity contribution in [1.82, 2.24) is 0 Å². The maximum Gasteiger partial charge on any atom is 0.313 e. The van der Waals surface area contributed by atoms with Crippen LogP contribution in [0.3, 0.4) is 0 Å². The summed E-state index contributed by atoms with van der Waals surface area (Å²) in [5, 5.41) is 64.9. The van der Waals surface area contributed by atoms with E-state index in [4.69, 9.17) is 9.47 Å². The van der Waals surface area contributed by atoms with Crippen LogP contribution in [0, 0.1) is 227 Å². The van der Waals surface area contributed by atoms with Crippen LogP contribution in [0.15, 0.2) is 46.6 Å². The van der Waals surface area contributed by atoms with Crippen molar-refractivity contribution in [2.75, 3.05) is 13.7 Å². The minimum atomic E-state index is -1.03. The Labute approximate surface area is 844 Å². The average Bonchev–Trinajstić information content (AvgIpc) is 0.682. The molecule has 16 saturated carbocycles. The van der Waals surface area contributed by atoms with Gasteiger partial charge in [-0.05, 0) is 444 Å². The normalized spacial score (nSPS) is 54.3. The fourth-order valence-corrected chi connectivity index (χ4v) is 44.3. The monoisotopic (exact) mass is 1920 g/mol. The van der Waals surface area contributed by atoms with Crippen molar-refractivity contribution in [3.63, 3.8) is 0 Å². The Bertz CT molecular complexity index is 4870. The molecular formula is C126H202O13. The number of carboxylic acids is 1. The number of aliphatic hydroxyl groups excluding tert-OH is 5. The molecule has 13 nitrogen and oxygen atoms in total. The van der Waals surface area contributed by atoms with E-state index in [2.05, 4.69) is 211 Å². The fraction of sp³-hybridized carbons (Fsp3) is 0.897. The van der Waals surface area contributed by atoms with E-state index in [9.17, 15) is 54.6 Å². The number of esters is 2. The van der Waals surface area contributed by atoms with Crippen LogP contribution in [0.4, 0.5) is 0 Å². The number of ketones is 2. The van der Waals surface area contributed by atoms with Crippen molar-refractivity contribution in [3.8, 4) is 0 Å². The van der Waals surface area contributed by atoms with Crippen molar-refractivity contribution in [2.24, 2.45) is 227 Å². The van der Waals surface area contributed by atoms with Gasteiger partial charge >= 0.3 is 17.9 Å². The Morgan fingerprint density at radius 2 is 0.655 bits per heavy atom. The van der Waals surface area contributed by atoms with E-state index in [-0.39, 0.29) is 140 Å². The second-order valence-electron chi connectivity index (χ2n) is 59.7. The van der Waals surface area contributed by atoms with Crippen LogP contribution < -0.4 is 0 Å². The maximum absolute atomic E-state index is 13.9. The second kappa shape index (κ2) is 35.1. The summed E-state index contributed by atoms with van der Waals surface area (Å²) < 4.78 is 11.3. The van der Waals surface area contributed by atoms with Crippen molar-refractivity contribution in [1.29, 1.82) is 0 Å². The molecule has 0 amide bonds. The Balaban J connectivity index is 0.000000128. The molecule has 20 rings (SSSR count). The molecule has 1 unspecified atom stereocenters. The molecule has 42 atom stereocenters. The number of ether oxygens (including phenoxy) is 2. The topological polar surface area (TPSA) is 225 Å². The molecule has 784 valence electrons. The number of allylic oxidation sites excluding steroid dienone is 8. The van der Waals surface area contributed by atoms with E-state index in [0.29, 0.717) is 125 Å². The van der Waals surface area contributed by atoms with Crippen LogP contribution in [0.5, 0.6) is 0 Å². The predicted molar refractivity (Wildman–Crippen MR) is 558 cm³/mol. The third kappa shape index (κ3) is 14.4. The van der Waals surface area contributed by atoms with Gasteiger partial charge in [-0.3, -0.25) is 24.0 Å². The van der Waals surface area contributed by atoms with Gasteiger partial charge in [0.25, 0.3) is 0 Å². The summed E-state index contributed by atoms with van der Waals surface area (Å²) in [6, 6.07) is 0. The van der Waals surface area contributed by atoms with Gasteiger partial charge in [0.15, 0.2) is 5.78 Å². The van der Waals surface area contributed by atoms with Gasteiger partial charge in [-0.1, -0.05) is 240 Å². The van der Waals surface area contributed by atoms with Gasteiger partial charge in [0.2, 0.25) is 0 Å². The molecule has 20 aliphatic carbocycles. The molecule has 16 fully saturated rings. The van der Waals surface area contributed by atoms with Crippen LogP contribution >= 0.6 is 0 Å². The molecule has 0 aromatic carbocycles. The number of fused-ring (bicyclic) bond motifs is 28. The zero-order valence-electron chi connectivity index (χ0n) is 93.9. The largest absolute Gasteiger partial charge is 0.481 e. The Hall–Kier alpha value is -3.49. The molecule has 0 aliphatic heterocycles. The number of carboxylic acid groups (broad SMARTS) is 1. The lowest BCUT2D eigenvalue weighted by molar-refractivity contribution is -0.231. The lowest BCUT2D eigenvalue weighted by Crippen LogP contribution is -2.67. The number of aliphatic carboxylic acids is 1. The molecule has 6 N–H and O–H groups in total. The van der Waals surface area contributed by atoms with Crippen LogP contribution in [0.25, 0.3) is 0 Å². The van der Waals surface area contributed by atoms with Crippen molar-refractivity contribution < 1.29 is 64.1 Å². The van der Waals surface area contributed by atoms with Gasteiger partial charge in [-0.25, -0.2) is 0 Å². The first-order valence-electron chi connectivity index (χ1n) is 58.1. The highest BCUT2D eigenvalue weighted by molar-refractivity contribution is 5.85. The minimum Gasteiger partial charge on any atom is -0.481 e. The van der Waals surface area contributed by atoms with Gasteiger partial charge in [0.05, 0.1) is 53.9 Å². The van der Waals surface area contributed by atoms with E-state index in [1.807, 2.05) is 20.8 Å². The highest BCUT2D eigenvalue weighted by Gasteiger charge is 2.77. The zero-order valence-corrected chi connectivity index (χ0v) is 93.9. The molecule has 0 saturated heterocycles. The number of hydrogen-bond donors (Lipinski definition) is 6. The zero-order chi connectivity index (χ0) is 102. The van der Waals surface area contributed by atoms with Gasteiger partial charge in [0, 0.05) is 11.8 Å². The third-order valence-electron chi connectivity index (χ3n) is 54.8. The van der Waals surface area contributed by atoms with Gasteiger partial charge in [-0.2, -0.15) is 0 Å². The van der Waals surface area contributed by atoms with E-state index in [1.54, 1.807) is 23.8 Å². The summed E-state index contributed by atoms with van der Waals surface area (Å²) >= 11 is 0. The number of hydrogen-bond acceptors (Lipinski definition) is 12. The number of rotatable bonds is 7. The molecular weight excluding hydrogens is 1720 g/mol. The SMILES string of the molecule is CC(=O)[C@]12CC[C@@H](C)[C@H](C)[C@H]1C1=CC[C@@H]3[C@@]4(C)C[C@@H](O)[C@H](O)C(C)(C)[C@@H]4CC[C@@]3(C)[C@]1(C)CC2.CCC(=O)COC(=O)[C@]12CC[C@@H](C)[C@H](C)[C@H]1C1=CC[C@@H]3[C@@]4(C)CC[C@H](O)C(C)(C)[C@@H]4CC[C@@]3(C)[C@]1(C)CC2.COC(=O)[C@]12CC[C@@H](C)[C@H](C)[C@H]1C1=CC[C@@H]3[C@@]4(C)CC[C@H](O)C(C)(C)[C@@H]4CC[C@@]3(C)[C@]1(C)CC2.C[C@H]1[C@H](C)CC[C@]2(C)CC[C@]3(C)C(=CC[C@@H]4[C@@]5(C)CC[C@@H](O)C(C)(C(=O)O)[C@@H]5CC[C@]43C)[C@H]12. The summed E-state index contributed by atoms with van der Waals surface area (Å²) in [7, 11) is 1.60.